The van der Waals surface area contributed by atoms with E-state index in [2.05, 4.69) is 32.9 Å². The second-order valence-electron chi connectivity index (χ2n) is 5.49. The number of fused-ring (bicyclic) bond motifs is 1. The van der Waals surface area contributed by atoms with Gasteiger partial charge in [-0.3, -0.25) is 0 Å². The minimum Gasteiger partial charge on any atom is -0.341 e. The molecule has 0 aromatic rings. The van der Waals surface area contributed by atoms with E-state index in [1.165, 1.54) is 0 Å². The number of allylic oxidation sites excluding steroid dienone is 1. The Morgan fingerprint density at radius 1 is 1.12 bits per heavy atom. The Balaban J connectivity index is 2.18. The van der Waals surface area contributed by atoms with Crippen molar-refractivity contribution < 1.29 is 14.2 Å². The Morgan fingerprint density at radius 3 is 2.35 bits per heavy atom. The summed E-state index contributed by atoms with van der Waals surface area (Å²) < 4.78 is 17.9. The molecule has 17 heavy (non-hydrogen) atoms. The van der Waals surface area contributed by atoms with Gasteiger partial charge in [0.1, 0.15) is 6.10 Å². The summed E-state index contributed by atoms with van der Waals surface area (Å²) in [7, 11) is 0. The summed E-state index contributed by atoms with van der Waals surface area (Å²) in [5.41, 5.74) is -0.220. The highest BCUT2D eigenvalue weighted by Crippen LogP contribution is 2.47. The molecule has 0 N–H and O–H groups in total. The fourth-order valence-electron chi connectivity index (χ4n) is 2.82. The lowest BCUT2D eigenvalue weighted by atomic mass is 9.84. The minimum atomic E-state index is -0.516. The van der Waals surface area contributed by atoms with Crippen molar-refractivity contribution in [1.29, 1.82) is 0 Å². The third kappa shape index (κ3) is 2.16. The zero-order chi connectivity index (χ0) is 12.7. The third-order valence-electron chi connectivity index (χ3n) is 3.88. The zero-order valence-corrected chi connectivity index (χ0v) is 11.5. The van der Waals surface area contributed by atoms with Crippen molar-refractivity contribution in [3.8, 4) is 0 Å². The van der Waals surface area contributed by atoms with Crippen molar-refractivity contribution in [1.82, 2.24) is 0 Å². The molecule has 2 rings (SSSR count). The van der Waals surface area contributed by atoms with Crippen LogP contribution in [0.1, 0.15) is 47.5 Å². The lowest BCUT2D eigenvalue weighted by molar-refractivity contribution is -0.223. The highest BCUT2D eigenvalue weighted by atomic mass is 16.8. The average molecular weight is 240 g/mol. The van der Waals surface area contributed by atoms with Gasteiger partial charge >= 0.3 is 0 Å². The maximum Gasteiger partial charge on any atom is 0.188 e. The van der Waals surface area contributed by atoms with E-state index in [4.69, 9.17) is 14.2 Å². The van der Waals surface area contributed by atoms with Crippen LogP contribution in [0, 0.1) is 5.92 Å². The van der Waals surface area contributed by atoms with E-state index in [0.29, 0.717) is 5.92 Å². The van der Waals surface area contributed by atoms with Crippen LogP contribution in [0.4, 0.5) is 0 Å². The molecule has 0 radical (unpaired) electrons. The van der Waals surface area contributed by atoms with E-state index in [0.717, 1.165) is 12.8 Å². The standard InChI is InChI=1S/C14H24O3/c1-6-8-9-14(7-2)10(3)11-12(17-14)16-13(4,5)15-11/h8-12H,6-7H2,1-5H3/b9-8+/t10-,11+,12-,14-/m0/s1. The summed E-state index contributed by atoms with van der Waals surface area (Å²) in [6.07, 6.45) is 6.17. The van der Waals surface area contributed by atoms with Crippen molar-refractivity contribution >= 4 is 0 Å². The molecule has 0 aromatic carbocycles. The van der Waals surface area contributed by atoms with Gasteiger partial charge in [0.05, 0.1) is 5.60 Å². The molecule has 2 aliphatic heterocycles. The second-order valence-corrected chi connectivity index (χ2v) is 5.49. The number of rotatable bonds is 3. The molecule has 98 valence electrons. The van der Waals surface area contributed by atoms with Gasteiger partial charge in [-0.1, -0.05) is 32.9 Å². The van der Waals surface area contributed by atoms with Crippen LogP contribution in [-0.2, 0) is 14.2 Å². The topological polar surface area (TPSA) is 27.7 Å². The van der Waals surface area contributed by atoms with Crippen LogP contribution in [0.25, 0.3) is 0 Å². The van der Waals surface area contributed by atoms with Crippen molar-refractivity contribution in [3.63, 3.8) is 0 Å². The van der Waals surface area contributed by atoms with E-state index < -0.39 is 5.79 Å². The molecule has 0 saturated carbocycles. The van der Waals surface area contributed by atoms with Crippen LogP contribution in [0.15, 0.2) is 12.2 Å². The summed E-state index contributed by atoms with van der Waals surface area (Å²) in [5, 5.41) is 0. The van der Waals surface area contributed by atoms with Crippen LogP contribution < -0.4 is 0 Å². The van der Waals surface area contributed by atoms with Gasteiger partial charge in [0.2, 0.25) is 0 Å². The van der Waals surface area contributed by atoms with Crippen LogP contribution in [0.5, 0.6) is 0 Å². The highest BCUT2D eigenvalue weighted by Gasteiger charge is 2.58. The Kier molecular flexibility index (Phi) is 3.36. The Hall–Kier alpha value is -0.380. The molecule has 2 fully saturated rings. The molecule has 4 atom stereocenters. The summed E-state index contributed by atoms with van der Waals surface area (Å²) in [4.78, 5) is 0. The maximum absolute atomic E-state index is 6.14. The molecule has 2 heterocycles. The molecular weight excluding hydrogens is 216 g/mol. The monoisotopic (exact) mass is 240 g/mol. The first-order chi connectivity index (χ1) is 7.94. The van der Waals surface area contributed by atoms with Crippen LogP contribution in [-0.4, -0.2) is 23.8 Å². The van der Waals surface area contributed by atoms with E-state index in [1.807, 2.05) is 13.8 Å². The van der Waals surface area contributed by atoms with Gasteiger partial charge in [-0.25, -0.2) is 0 Å². The van der Waals surface area contributed by atoms with Gasteiger partial charge in [-0.2, -0.15) is 0 Å². The molecule has 2 aliphatic rings. The second kappa shape index (κ2) is 4.38. The molecule has 0 bridgehead atoms. The number of hydrogen-bond donors (Lipinski definition) is 0. The lowest BCUT2D eigenvalue weighted by Gasteiger charge is -2.32. The Morgan fingerprint density at radius 2 is 1.82 bits per heavy atom. The minimum absolute atomic E-state index is 0.0476. The van der Waals surface area contributed by atoms with E-state index in [1.54, 1.807) is 0 Å². The lowest BCUT2D eigenvalue weighted by Crippen LogP contribution is -2.37. The quantitative estimate of drug-likeness (QED) is 0.709. The van der Waals surface area contributed by atoms with Gasteiger partial charge in [0.25, 0.3) is 0 Å². The van der Waals surface area contributed by atoms with Gasteiger partial charge in [-0.05, 0) is 26.7 Å². The molecular formula is C14H24O3. The van der Waals surface area contributed by atoms with Gasteiger partial charge in [-0.15, -0.1) is 0 Å². The average Bonchev–Trinajstić information content (AvgIpc) is 2.69. The van der Waals surface area contributed by atoms with Crippen molar-refractivity contribution in [3.05, 3.63) is 12.2 Å². The van der Waals surface area contributed by atoms with Crippen LogP contribution >= 0.6 is 0 Å². The van der Waals surface area contributed by atoms with Crippen LogP contribution in [0.3, 0.4) is 0 Å². The van der Waals surface area contributed by atoms with Gasteiger partial charge < -0.3 is 14.2 Å². The SMILES string of the molecule is CC/C=C/[C@]1(CC)O[C@@H]2OC(C)(C)O[C@@H]2[C@@H]1C. The smallest absolute Gasteiger partial charge is 0.188 e. The molecule has 0 spiro atoms. The third-order valence-corrected chi connectivity index (χ3v) is 3.88. The molecule has 0 amide bonds. The molecule has 3 heteroatoms. The van der Waals surface area contributed by atoms with Gasteiger partial charge in [0.15, 0.2) is 12.1 Å². The summed E-state index contributed by atoms with van der Waals surface area (Å²) in [6.45, 7) is 10.4. The van der Waals surface area contributed by atoms with E-state index >= 15 is 0 Å². The largest absolute Gasteiger partial charge is 0.341 e. The highest BCUT2D eigenvalue weighted by molar-refractivity contribution is 5.11. The van der Waals surface area contributed by atoms with Crippen molar-refractivity contribution in [2.45, 2.75) is 71.2 Å². The fraction of sp³-hybridized carbons (Fsp3) is 0.857. The fourth-order valence-corrected chi connectivity index (χ4v) is 2.82. The van der Waals surface area contributed by atoms with E-state index in [-0.39, 0.29) is 18.0 Å². The predicted molar refractivity (Wildman–Crippen MR) is 66.5 cm³/mol. The first-order valence-corrected chi connectivity index (χ1v) is 6.65. The molecule has 0 aromatic heterocycles. The zero-order valence-electron chi connectivity index (χ0n) is 11.5. The number of hydrogen-bond acceptors (Lipinski definition) is 3. The molecule has 0 aliphatic carbocycles. The maximum atomic E-state index is 6.14. The normalized spacial score (nSPS) is 44.4. The van der Waals surface area contributed by atoms with Crippen LogP contribution in [0.2, 0.25) is 0 Å². The van der Waals surface area contributed by atoms with Crippen molar-refractivity contribution in [2.24, 2.45) is 5.92 Å². The summed E-state index contributed by atoms with van der Waals surface area (Å²) in [5.74, 6) is -0.195. The van der Waals surface area contributed by atoms with Gasteiger partial charge in [0, 0.05) is 5.92 Å². The summed E-state index contributed by atoms with van der Waals surface area (Å²) in [6, 6.07) is 0. The first kappa shape index (κ1) is 13.1. The molecule has 2 saturated heterocycles. The number of ether oxygens (including phenoxy) is 3. The molecule has 0 unspecified atom stereocenters. The summed E-state index contributed by atoms with van der Waals surface area (Å²) >= 11 is 0. The van der Waals surface area contributed by atoms with Crippen molar-refractivity contribution in [2.75, 3.05) is 0 Å². The van der Waals surface area contributed by atoms with E-state index in [9.17, 15) is 0 Å². The predicted octanol–water partition coefficient (Wildman–Crippen LogP) is 3.25. The first-order valence-electron chi connectivity index (χ1n) is 6.65. The molecule has 3 nitrogen and oxygen atoms in total. The Labute approximate surface area is 104 Å². The Bertz CT molecular complexity index is 311.